The molecule has 0 amide bonds. The van der Waals surface area contributed by atoms with E-state index in [0.29, 0.717) is 23.6 Å². The molecule has 0 spiro atoms. The second kappa shape index (κ2) is 5.38. The summed E-state index contributed by atoms with van der Waals surface area (Å²) in [6.45, 7) is 7.46. The first-order valence-electron chi connectivity index (χ1n) is 6.35. The summed E-state index contributed by atoms with van der Waals surface area (Å²) in [5, 5.41) is 0. The van der Waals surface area contributed by atoms with Crippen LogP contribution in [0.1, 0.15) is 43.9 Å². The molecule has 0 saturated carbocycles. The molecule has 1 atom stereocenters. The Morgan fingerprint density at radius 3 is 2.75 bits per heavy atom. The van der Waals surface area contributed by atoms with E-state index in [4.69, 9.17) is 18.9 Å². The van der Waals surface area contributed by atoms with E-state index in [1.54, 1.807) is 33.9 Å². The SMILES string of the molecule is COC1OCc2cnc(C)c(OC(=O)OC(C)(C)C)c21. The van der Waals surface area contributed by atoms with Crippen molar-refractivity contribution in [2.45, 2.75) is 46.2 Å². The van der Waals surface area contributed by atoms with Gasteiger partial charge in [-0.15, -0.1) is 0 Å². The first kappa shape index (κ1) is 14.7. The maximum Gasteiger partial charge on any atom is 0.514 e. The minimum Gasteiger partial charge on any atom is -0.428 e. The summed E-state index contributed by atoms with van der Waals surface area (Å²) in [7, 11) is 1.53. The molecule has 0 aliphatic carbocycles. The average Bonchev–Trinajstić information content (AvgIpc) is 2.73. The van der Waals surface area contributed by atoms with Crippen molar-refractivity contribution in [2.75, 3.05) is 7.11 Å². The minimum absolute atomic E-state index is 0.348. The Balaban J connectivity index is 2.28. The maximum absolute atomic E-state index is 11.8. The second-order valence-corrected chi connectivity index (χ2v) is 5.56. The van der Waals surface area contributed by atoms with Gasteiger partial charge in [0.05, 0.1) is 17.9 Å². The molecule has 0 radical (unpaired) electrons. The summed E-state index contributed by atoms with van der Waals surface area (Å²) >= 11 is 0. The first-order chi connectivity index (χ1) is 9.31. The fraction of sp³-hybridized carbons (Fsp3) is 0.571. The largest absolute Gasteiger partial charge is 0.514 e. The van der Waals surface area contributed by atoms with Gasteiger partial charge in [0.15, 0.2) is 12.0 Å². The smallest absolute Gasteiger partial charge is 0.428 e. The molecule has 6 nitrogen and oxygen atoms in total. The van der Waals surface area contributed by atoms with Crippen molar-refractivity contribution in [3.05, 3.63) is 23.0 Å². The first-order valence-corrected chi connectivity index (χ1v) is 6.35. The summed E-state index contributed by atoms with van der Waals surface area (Å²) in [6.07, 6.45) is 0.382. The standard InChI is InChI=1S/C14H19NO5/c1-8-11(19-13(16)20-14(2,3)4)10-9(6-15-8)7-18-12(10)17-5/h6,12H,7H2,1-5H3. The van der Waals surface area contributed by atoms with Crippen molar-refractivity contribution in [1.29, 1.82) is 0 Å². The van der Waals surface area contributed by atoms with Crippen LogP contribution in [0.2, 0.25) is 0 Å². The molecule has 0 saturated heterocycles. The third-order valence-electron chi connectivity index (χ3n) is 2.75. The van der Waals surface area contributed by atoms with Gasteiger partial charge >= 0.3 is 6.16 Å². The third kappa shape index (κ3) is 3.08. The molecular formula is C14H19NO5. The molecule has 0 bridgehead atoms. The van der Waals surface area contributed by atoms with Crippen LogP contribution in [0, 0.1) is 6.92 Å². The summed E-state index contributed by atoms with van der Waals surface area (Å²) in [4.78, 5) is 16.0. The van der Waals surface area contributed by atoms with Crippen LogP contribution in [0.4, 0.5) is 4.79 Å². The lowest BCUT2D eigenvalue weighted by molar-refractivity contribution is -0.118. The molecular weight excluding hydrogens is 262 g/mol. The van der Waals surface area contributed by atoms with Gasteiger partial charge in [-0.05, 0) is 27.7 Å². The molecule has 1 unspecified atom stereocenters. The van der Waals surface area contributed by atoms with Crippen molar-refractivity contribution >= 4 is 6.16 Å². The van der Waals surface area contributed by atoms with Gasteiger partial charge in [0.2, 0.25) is 0 Å². The molecule has 1 aliphatic heterocycles. The summed E-state index contributed by atoms with van der Waals surface area (Å²) in [5.41, 5.74) is 1.52. The van der Waals surface area contributed by atoms with Crippen LogP contribution in [0.5, 0.6) is 5.75 Å². The van der Waals surface area contributed by atoms with Crippen LogP contribution in [0.15, 0.2) is 6.20 Å². The summed E-state index contributed by atoms with van der Waals surface area (Å²) in [5.74, 6) is 0.348. The number of carbonyl (C=O) groups excluding carboxylic acids is 1. The van der Waals surface area contributed by atoms with Crippen molar-refractivity contribution < 1.29 is 23.7 Å². The number of hydrogen-bond donors (Lipinski definition) is 0. The van der Waals surface area contributed by atoms with Crippen LogP contribution < -0.4 is 4.74 Å². The Morgan fingerprint density at radius 2 is 2.15 bits per heavy atom. The normalized spacial score (nSPS) is 17.8. The molecule has 110 valence electrons. The van der Waals surface area contributed by atoms with Gasteiger partial charge in [0, 0.05) is 18.9 Å². The van der Waals surface area contributed by atoms with Crippen LogP contribution in [0.25, 0.3) is 0 Å². The number of aryl methyl sites for hydroxylation is 1. The van der Waals surface area contributed by atoms with E-state index in [0.717, 1.165) is 5.56 Å². The number of methoxy groups -OCH3 is 1. The van der Waals surface area contributed by atoms with E-state index < -0.39 is 18.0 Å². The van der Waals surface area contributed by atoms with Gasteiger partial charge in [-0.3, -0.25) is 4.98 Å². The zero-order valence-corrected chi connectivity index (χ0v) is 12.4. The van der Waals surface area contributed by atoms with Crippen molar-refractivity contribution in [2.24, 2.45) is 0 Å². The third-order valence-corrected chi connectivity index (χ3v) is 2.75. The fourth-order valence-electron chi connectivity index (χ4n) is 1.93. The highest BCUT2D eigenvalue weighted by atomic mass is 16.7. The van der Waals surface area contributed by atoms with E-state index in [2.05, 4.69) is 4.98 Å². The molecule has 1 aromatic rings. The molecule has 0 N–H and O–H groups in total. The molecule has 0 fully saturated rings. The van der Waals surface area contributed by atoms with Gasteiger partial charge in [0.1, 0.15) is 5.60 Å². The number of fused-ring (bicyclic) bond motifs is 1. The van der Waals surface area contributed by atoms with Gasteiger partial charge in [0.25, 0.3) is 0 Å². The molecule has 0 aromatic carbocycles. The number of hydrogen-bond acceptors (Lipinski definition) is 6. The Bertz CT molecular complexity index is 521. The number of nitrogens with zero attached hydrogens (tertiary/aromatic N) is 1. The summed E-state index contributed by atoms with van der Waals surface area (Å²) in [6, 6.07) is 0. The molecule has 6 heteroatoms. The zero-order valence-electron chi connectivity index (χ0n) is 12.4. The highest BCUT2D eigenvalue weighted by Gasteiger charge is 2.31. The molecule has 1 aliphatic rings. The predicted molar refractivity (Wildman–Crippen MR) is 70.4 cm³/mol. The number of pyridine rings is 1. The Morgan fingerprint density at radius 1 is 1.45 bits per heavy atom. The van der Waals surface area contributed by atoms with E-state index >= 15 is 0 Å². The van der Waals surface area contributed by atoms with Crippen LogP contribution >= 0.6 is 0 Å². The average molecular weight is 281 g/mol. The van der Waals surface area contributed by atoms with E-state index in [1.807, 2.05) is 0 Å². The van der Waals surface area contributed by atoms with E-state index in [1.165, 1.54) is 7.11 Å². The highest BCUT2D eigenvalue weighted by Crippen LogP contribution is 2.39. The number of rotatable bonds is 2. The van der Waals surface area contributed by atoms with Crippen molar-refractivity contribution in [3.8, 4) is 5.75 Å². The van der Waals surface area contributed by atoms with Crippen LogP contribution in [-0.4, -0.2) is 23.9 Å². The van der Waals surface area contributed by atoms with Gasteiger partial charge < -0.3 is 18.9 Å². The number of carbonyl (C=O) groups is 1. The minimum atomic E-state index is -0.766. The maximum atomic E-state index is 11.8. The monoisotopic (exact) mass is 281 g/mol. The van der Waals surface area contributed by atoms with E-state index in [-0.39, 0.29) is 0 Å². The van der Waals surface area contributed by atoms with Crippen molar-refractivity contribution in [3.63, 3.8) is 0 Å². The lowest BCUT2D eigenvalue weighted by Crippen LogP contribution is -2.26. The van der Waals surface area contributed by atoms with Gasteiger partial charge in [-0.1, -0.05) is 0 Å². The van der Waals surface area contributed by atoms with E-state index in [9.17, 15) is 4.79 Å². The number of aromatic nitrogens is 1. The highest BCUT2D eigenvalue weighted by molar-refractivity contribution is 5.66. The molecule has 1 aromatic heterocycles. The number of ether oxygens (including phenoxy) is 4. The predicted octanol–water partition coefficient (Wildman–Crippen LogP) is 2.88. The van der Waals surface area contributed by atoms with Crippen LogP contribution in [0.3, 0.4) is 0 Å². The quantitative estimate of drug-likeness (QED) is 0.776. The Labute approximate surface area is 118 Å². The topological polar surface area (TPSA) is 66.9 Å². The lowest BCUT2D eigenvalue weighted by Gasteiger charge is -2.20. The second-order valence-electron chi connectivity index (χ2n) is 5.56. The van der Waals surface area contributed by atoms with Gasteiger partial charge in [-0.25, -0.2) is 4.79 Å². The van der Waals surface area contributed by atoms with Crippen molar-refractivity contribution in [1.82, 2.24) is 4.98 Å². The van der Waals surface area contributed by atoms with Gasteiger partial charge in [-0.2, -0.15) is 0 Å². The molecule has 20 heavy (non-hydrogen) atoms. The Kier molecular flexibility index (Phi) is 3.96. The zero-order chi connectivity index (χ0) is 14.9. The molecule has 2 heterocycles. The molecule has 2 rings (SSSR count). The summed E-state index contributed by atoms with van der Waals surface area (Å²) < 4.78 is 21.2. The fourth-order valence-corrected chi connectivity index (χ4v) is 1.93. The lowest BCUT2D eigenvalue weighted by atomic mass is 10.1. The Hall–Kier alpha value is -1.66. The van der Waals surface area contributed by atoms with Crippen LogP contribution in [-0.2, 0) is 20.8 Å².